The maximum atomic E-state index is 8.71. The quantitative estimate of drug-likeness (QED) is 0.650. The van der Waals surface area contributed by atoms with Crippen molar-refractivity contribution in [3.63, 3.8) is 0 Å². The highest BCUT2D eigenvalue weighted by atomic mass is 16.3. The predicted molar refractivity (Wildman–Crippen MR) is 51.2 cm³/mol. The van der Waals surface area contributed by atoms with Gasteiger partial charge in [0.2, 0.25) is 0 Å². The fourth-order valence-corrected chi connectivity index (χ4v) is 1.11. The van der Waals surface area contributed by atoms with E-state index in [1.807, 2.05) is 36.2 Å². The summed E-state index contributed by atoms with van der Waals surface area (Å²) >= 11 is 0. The van der Waals surface area contributed by atoms with Crippen LogP contribution in [0.4, 0.5) is 11.4 Å². The second kappa shape index (κ2) is 3.97. The Morgan fingerprint density at radius 3 is 2.67 bits per heavy atom. The largest absolute Gasteiger partial charge is 0.397 e. The molecule has 0 atom stereocenters. The van der Waals surface area contributed by atoms with Crippen molar-refractivity contribution in [2.24, 2.45) is 0 Å². The van der Waals surface area contributed by atoms with Crippen LogP contribution in [0, 0.1) is 0 Å². The third-order valence-corrected chi connectivity index (χ3v) is 1.78. The number of aliphatic hydroxyl groups is 1. The molecule has 0 aromatic heterocycles. The van der Waals surface area contributed by atoms with Crippen LogP contribution < -0.4 is 10.6 Å². The van der Waals surface area contributed by atoms with Gasteiger partial charge in [-0.25, -0.2) is 0 Å². The van der Waals surface area contributed by atoms with Crippen molar-refractivity contribution in [2.45, 2.75) is 0 Å². The van der Waals surface area contributed by atoms with Gasteiger partial charge in [0.15, 0.2) is 0 Å². The van der Waals surface area contributed by atoms with Crippen LogP contribution in [-0.4, -0.2) is 25.3 Å². The van der Waals surface area contributed by atoms with Gasteiger partial charge in [-0.2, -0.15) is 0 Å². The monoisotopic (exact) mass is 166 g/mol. The first-order valence-corrected chi connectivity index (χ1v) is 3.92. The van der Waals surface area contributed by atoms with Gasteiger partial charge in [0.25, 0.3) is 0 Å². The third-order valence-electron chi connectivity index (χ3n) is 1.78. The summed E-state index contributed by atoms with van der Waals surface area (Å²) in [5.41, 5.74) is 7.44. The SMILES string of the molecule is CN(CCO)c1ccccc1N. The number of rotatable bonds is 3. The van der Waals surface area contributed by atoms with Crippen molar-refractivity contribution in [2.75, 3.05) is 30.8 Å². The van der Waals surface area contributed by atoms with Crippen LogP contribution in [0.2, 0.25) is 0 Å². The van der Waals surface area contributed by atoms with Gasteiger partial charge < -0.3 is 15.7 Å². The molecule has 66 valence electrons. The summed E-state index contributed by atoms with van der Waals surface area (Å²) in [4.78, 5) is 1.93. The molecule has 12 heavy (non-hydrogen) atoms. The van der Waals surface area contributed by atoms with Gasteiger partial charge in [0, 0.05) is 13.6 Å². The van der Waals surface area contributed by atoms with Crippen molar-refractivity contribution in [1.29, 1.82) is 0 Å². The fraction of sp³-hybridized carbons (Fsp3) is 0.333. The number of nitrogens with two attached hydrogens (primary N) is 1. The summed E-state index contributed by atoms with van der Waals surface area (Å²) in [6.07, 6.45) is 0. The first-order chi connectivity index (χ1) is 5.75. The summed E-state index contributed by atoms with van der Waals surface area (Å²) < 4.78 is 0. The number of hydrogen-bond acceptors (Lipinski definition) is 3. The van der Waals surface area contributed by atoms with E-state index >= 15 is 0 Å². The molecule has 1 rings (SSSR count). The molecule has 0 heterocycles. The molecule has 0 saturated heterocycles. The average molecular weight is 166 g/mol. The maximum absolute atomic E-state index is 8.71. The zero-order valence-corrected chi connectivity index (χ0v) is 7.20. The van der Waals surface area contributed by atoms with Crippen LogP contribution >= 0.6 is 0 Å². The van der Waals surface area contributed by atoms with E-state index in [0.29, 0.717) is 6.54 Å². The number of anilines is 2. The molecule has 0 fully saturated rings. The minimum absolute atomic E-state index is 0.144. The van der Waals surface area contributed by atoms with Gasteiger partial charge in [0.1, 0.15) is 0 Å². The lowest BCUT2D eigenvalue weighted by molar-refractivity contribution is 0.304. The van der Waals surface area contributed by atoms with E-state index in [-0.39, 0.29) is 6.61 Å². The van der Waals surface area contributed by atoms with Crippen LogP contribution in [0.3, 0.4) is 0 Å². The molecule has 1 aromatic rings. The molecule has 0 aliphatic carbocycles. The van der Waals surface area contributed by atoms with E-state index < -0.39 is 0 Å². The van der Waals surface area contributed by atoms with Crippen LogP contribution in [0.1, 0.15) is 0 Å². The van der Waals surface area contributed by atoms with Gasteiger partial charge in [-0.05, 0) is 12.1 Å². The predicted octanol–water partition coefficient (Wildman–Crippen LogP) is 0.697. The number of likely N-dealkylation sites (N-methyl/N-ethyl adjacent to an activating group) is 1. The van der Waals surface area contributed by atoms with Gasteiger partial charge in [-0.1, -0.05) is 12.1 Å². The molecule has 0 bridgehead atoms. The minimum Gasteiger partial charge on any atom is -0.397 e. The molecule has 0 radical (unpaired) electrons. The summed E-state index contributed by atoms with van der Waals surface area (Å²) in [5.74, 6) is 0. The minimum atomic E-state index is 0.144. The molecule has 3 N–H and O–H groups in total. The standard InChI is InChI=1S/C9H14N2O/c1-11(6-7-12)9-5-3-2-4-8(9)10/h2-5,12H,6-7,10H2,1H3. The first kappa shape index (κ1) is 8.87. The number of aliphatic hydroxyl groups excluding tert-OH is 1. The fourth-order valence-electron chi connectivity index (χ4n) is 1.11. The number of benzene rings is 1. The molecule has 1 aromatic carbocycles. The Hall–Kier alpha value is -1.22. The van der Waals surface area contributed by atoms with Crippen LogP contribution in [0.5, 0.6) is 0 Å². The van der Waals surface area contributed by atoms with Crippen molar-refractivity contribution in [1.82, 2.24) is 0 Å². The lowest BCUT2D eigenvalue weighted by atomic mass is 10.2. The van der Waals surface area contributed by atoms with Gasteiger partial charge in [-0.3, -0.25) is 0 Å². The van der Waals surface area contributed by atoms with Crippen molar-refractivity contribution in [3.8, 4) is 0 Å². The molecule has 0 saturated carbocycles. The summed E-state index contributed by atoms with van der Waals surface area (Å²) in [6, 6.07) is 7.61. The summed E-state index contributed by atoms with van der Waals surface area (Å²) in [5, 5.41) is 8.71. The molecule has 0 aliphatic rings. The Morgan fingerprint density at radius 2 is 2.08 bits per heavy atom. The Kier molecular flexibility index (Phi) is 2.94. The van der Waals surface area contributed by atoms with Crippen LogP contribution in [0.25, 0.3) is 0 Å². The van der Waals surface area contributed by atoms with E-state index in [4.69, 9.17) is 10.8 Å². The van der Waals surface area contributed by atoms with E-state index in [2.05, 4.69) is 0 Å². The van der Waals surface area contributed by atoms with Crippen molar-refractivity contribution < 1.29 is 5.11 Å². The highest BCUT2D eigenvalue weighted by molar-refractivity contribution is 5.66. The molecule has 3 nitrogen and oxygen atoms in total. The van der Waals surface area contributed by atoms with Crippen LogP contribution in [-0.2, 0) is 0 Å². The summed E-state index contributed by atoms with van der Waals surface area (Å²) in [7, 11) is 1.90. The van der Waals surface area contributed by atoms with Crippen molar-refractivity contribution in [3.05, 3.63) is 24.3 Å². The third kappa shape index (κ3) is 1.89. The average Bonchev–Trinajstić information content (AvgIpc) is 2.05. The zero-order valence-electron chi connectivity index (χ0n) is 7.20. The topological polar surface area (TPSA) is 49.5 Å². The van der Waals surface area contributed by atoms with E-state index in [1.54, 1.807) is 0 Å². The van der Waals surface area contributed by atoms with E-state index in [9.17, 15) is 0 Å². The first-order valence-electron chi connectivity index (χ1n) is 3.92. The number of nitrogens with zero attached hydrogens (tertiary/aromatic N) is 1. The van der Waals surface area contributed by atoms with E-state index in [0.717, 1.165) is 11.4 Å². The molecule has 0 spiro atoms. The molecular formula is C9H14N2O. The Labute approximate surface area is 72.4 Å². The van der Waals surface area contributed by atoms with Gasteiger partial charge in [-0.15, -0.1) is 0 Å². The highest BCUT2D eigenvalue weighted by Gasteiger charge is 2.01. The zero-order chi connectivity index (χ0) is 8.97. The Balaban J connectivity index is 2.79. The van der Waals surface area contributed by atoms with Gasteiger partial charge in [0.05, 0.1) is 18.0 Å². The second-order valence-electron chi connectivity index (χ2n) is 2.70. The molecule has 0 unspecified atom stereocenters. The van der Waals surface area contributed by atoms with Gasteiger partial charge >= 0.3 is 0 Å². The lowest BCUT2D eigenvalue weighted by Crippen LogP contribution is -2.21. The molecule has 3 heteroatoms. The Bertz CT molecular complexity index is 250. The molecule has 0 aliphatic heterocycles. The van der Waals surface area contributed by atoms with Crippen LogP contribution in [0.15, 0.2) is 24.3 Å². The summed E-state index contributed by atoms with van der Waals surface area (Å²) in [6.45, 7) is 0.749. The molecular weight excluding hydrogens is 152 g/mol. The van der Waals surface area contributed by atoms with E-state index in [1.165, 1.54) is 0 Å². The smallest absolute Gasteiger partial charge is 0.0606 e. The Morgan fingerprint density at radius 1 is 1.42 bits per heavy atom. The van der Waals surface area contributed by atoms with Crippen molar-refractivity contribution >= 4 is 11.4 Å². The lowest BCUT2D eigenvalue weighted by Gasteiger charge is -2.19. The molecule has 0 amide bonds. The maximum Gasteiger partial charge on any atom is 0.0606 e. The number of hydrogen-bond donors (Lipinski definition) is 2. The normalized spacial score (nSPS) is 9.83. The highest BCUT2D eigenvalue weighted by Crippen LogP contribution is 2.20. The second-order valence-corrected chi connectivity index (χ2v) is 2.70. The number of para-hydroxylation sites is 2. The number of nitrogen functional groups attached to an aromatic ring is 1.